The van der Waals surface area contributed by atoms with Gasteiger partial charge in [0.05, 0.1) is 68.6 Å². The van der Waals surface area contributed by atoms with Crippen molar-refractivity contribution in [2.75, 3.05) is 26.9 Å². The van der Waals surface area contributed by atoms with Crippen molar-refractivity contribution in [1.82, 2.24) is 14.3 Å². The smallest absolute Gasteiger partial charge is 0.355 e. The lowest BCUT2D eigenvalue weighted by molar-refractivity contribution is 0.0514. The molecule has 0 radical (unpaired) electrons. The molecular weight excluding hydrogens is 705 g/mol. The second kappa shape index (κ2) is 15.6. The van der Waals surface area contributed by atoms with E-state index in [0.717, 1.165) is 49.5 Å². The number of thioether (sulfide) groups is 1. The van der Waals surface area contributed by atoms with Crippen molar-refractivity contribution >= 4 is 51.0 Å². The Kier molecular flexibility index (Phi) is 10.7. The highest BCUT2D eigenvalue weighted by Gasteiger charge is 2.29. The highest BCUT2D eigenvalue weighted by atomic mass is 35.5. The summed E-state index contributed by atoms with van der Waals surface area (Å²) < 4.78 is 41.1. The van der Waals surface area contributed by atoms with Crippen LogP contribution in [0.25, 0.3) is 32.8 Å². The number of carbonyl (C=O) groups is 1. The van der Waals surface area contributed by atoms with Crippen molar-refractivity contribution in [3.8, 4) is 22.6 Å². The van der Waals surface area contributed by atoms with Gasteiger partial charge in [-0.05, 0) is 78.7 Å². The number of nitrogens with zero attached hydrogens (tertiary/aromatic N) is 3. The number of methoxy groups -OCH3 is 1. The monoisotopic (exact) mass is 743 g/mol. The fraction of sp³-hybridized carbons (Fsp3) is 0.300. The van der Waals surface area contributed by atoms with Crippen LogP contribution in [-0.2, 0) is 48.5 Å². The van der Waals surface area contributed by atoms with Crippen LogP contribution in [-0.4, -0.2) is 52.4 Å². The Labute approximate surface area is 310 Å². The molecule has 52 heavy (non-hydrogen) atoms. The number of aromatic nitrogens is 3. The number of hydrogen-bond donors (Lipinski definition) is 1. The Balaban J connectivity index is 1.19. The number of hydrogen-bond acceptors (Lipinski definition) is 8. The molecule has 0 unspecified atom stereocenters. The summed E-state index contributed by atoms with van der Waals surface area (Å²) in [6, 6.07) is 20.4. The van der Waals surface area contributed by atoms with Gasteiger partial charge in [-0.1, -0.05) is 35.9 Å². The average Bonchev–Trinajstić information content (AvgIpc) is 3.67. The first kappa shape index (κ1) is 35.8. The molecule has 0 spiro atoms. The topological polar surface area (TPSA) is 97.0 Å². The van der Waals surface area contributed by atoms with Crippen LogP contribution < -0.4 is 9.47 Å². The number of rotatable bonds is 13. The lowest BCUT2D eigenvalue weighted by Crippen LogP contribution is -2.17. The molecule has 0 amide bonds. The van der Waals surface area contributed by atoms with Crippen molar-refractivity contribution < 1.29 is 33.2 Å². The van der Waals surface area contributed by atoms with Crippen LogP contribution >= 0.6 is 23.4 Å². The molecule has 0 saturated carbocycles. The van der Waals surface area contributed by atoms with E-state index in [2.05, 4.69) is 5.10 Å². The third kappa shape index (κ3) is 6.98. The van der Waals surface area contributed by atoms with E-state index < -0.39 is 5.97 Å². The van der Waals surface area contributed by atoms with Gasteiger partial charge in [0.25, 0.3) is 0 Å². The molecule has 12 heteroatoms. The summed E-state index contributed by atoms with van der Waals surface area (Å²) in [4.78, 5) is 14.5. The summed E-state index contributed by atoms with van der Waals surface area (Å²) in [6.45, 7) is 3.46. The minimum absolute atomic E-state index is 0.218. The first-order chi connectivity index (χ1) is 25.3. The second-order valence-corrected chi connectivity index (χ2v) is 14.0. The number of aliphatic hydroxyl groups excluding tert-OH is 1. The van der Waals surface area contributed by atoms with Crippen LogP contribution in [0.15, 0.2) is 71.6 Å². The van der Waals surface area contributed by atoms with Crippen molar-refractivity contribution in [3.63, 3.8) is 0 Å². The zero-order valence-electron chi connectivity index (χ0n) is 29.2. The van der Waals surface area contributed by atoms with Crippen molar-refractivity contribution in [1.29, 1.82) is 0 Å². The van der Waals surface area contributed by atoms with Crippen LogP contribution in [0, 0.1) is 5.82 Å². The first-order valence-corrected chi connectivity index (χ1v) is 18.5. The van der Waals surface area contributed by atoms with Gasteiger partial charge in [0, 0.05) is 39.6 Å². The Morgan fingerprint density at radius 1 is 1.08 bits per heavy atom. The van der Waals surface area contributed by atoms with Crippen molar-refractivity contribution in [2.45, 2.75) is 50.2 Å². The first-order valence-electron chi connectivity index (χ1n) is 17.2. The van der Waals surface area contributed by atoms with Crippen LogP contribution in [0.1, 0.15) is 46.3 Å². The van der Waals surface area contributed by atoms with Crippen molar-refractivity contribution in [3.05, 3.63) is 106 Å². The molecule has 0 bridgehead atoms. The molecule has 9 nitrogen and oxygen atoms in total. The number of ether oxygens (including phenoxy) is 4. The van der Waals surface area contributed by atoms with Gasteiger partial charge >= 0.3 is 5.97 Å². The second-order valence-electron chi connectivity index (χ2n) is 12.5. The maximum Gasteiger partial charge on any atom is 0.355 e. The summed E-state index contributed by atoms with van der Waals surface area (Å²) in [5, 5.41) is 17.9. The molecule has 4 aromatic carbocycles. The molecule has 1 N–H and O–H groups in total. The van der Waals surface area contributed by atoms with E-state index in [-0.39, 0.29) is 19.0 Å². The molecule has 1 aliphatic heterocycles. The largest absolute Gasteiger partial charge is 0.497 e. The summed E-state index contributed by atoms with van der Waals surface area (Å²) >= 11 is 8.61. The lowest BCUT2D eigenvalue weighted by atomic mass is 9.97. The summed E-state index contributed by atoms with van der Waals surface area (Å²) in [7, 11) is 3.48. The molecular formula is C40H39ClFN3O6S. The highest BCUT2D eigenvalue weighted by Crippen LogP contribution is 2.43. The SMILES string of the molecule is CCOC(=O)c1c(CCCOc2cc(SCc3ccc(OC)cc3)cc3ccc(F)cc23)c2ccc(Cl)c(-c3c(CO)nn4c3COCC4)c2n1C. The molecule has 7 rings (SSSR count). The predicted molar refractivity (Wildman–Crippen MR) is 201 cm³/mol. The Hall–Kier alpha value is -4.55. The van der Waals surface area contributed by atoms with Crippen LogP contribution in [0.2, 0.25) is 5.02 Å². The molecule has 270 valence electrons. The van der Waals surface area contributed by atoms with E-state index in [4.69, 9.17) is 30.5 Å². The molecule has 0 atom stereocenters. The summed E-state index contributed by atoms with van der Waals surface area (Å²) in [5.74, 6) is 1.37. The van der Waals surface area contributed by atoms with E-state index in [1.54, 1.807) is 31.9 Å². The van der Waals surface area contributed by atoms with E-state index in [1.165, 1.54) is 12.1 Å². The van der Waals surface area contributed by atoms with Gasteiger partial charge in [0.1, 0.15) is 23.0 Å². The summed E-state index contributed by atoms with van der Waals surface area (Å²) in [5.41, 5.74) is 5.84. The number of esters is 1. The zero-order valence-corrected chi connectivity index (χ0v) is 30.8. The third-order valence-electron chi connectivity index (χ3n) is 9.34. The van der Waals surface area contributed by atoms with Gasteiger partial charge in [0.2, 0.25) is 0 Å². The molecule has 6 aromatic rings. The standard InChI is InChI=1S/C40H39ClFN3O6S/c1-4-50-40(47)39-29(30-13-14-32(41)36(38(30)44(39)2)37-33(21-46)43-45-15-17-49-22-34(37)45)6-5-16-51-35-20-28(18-25-9-10-26(42)19-31(25)35)52-23-24-7-11-27(48-3)12-8-24/h7-14,18-20,46H,4-6,15-17,21-23H2,1-3H3. The minimum atomic E-state index is -0.440. The maximum atomic E-state index is 14.4. The van der Waals surface area contributed by atoms with Gasteiger partial charge in [-0.15, -0.1) is 11.8 Å². The van der Waals surface area contributed by atoms with Crippen molar-refractivity contribution in [2.24, 2.45) is 7.05 Å². The molecule has 2 aromatic heterocycles. The Bertz CT molecular complexity index is 2270. The van der Waals surface area contributed by atoms with E-state index in [9.17, 15) is 14.3 Å². The molecule has 0 aliphatic carbocycles. The van der Waals surface area contributed by atoms with Gasteiger partial charge in [-0.3, -0.25) is 4.68 Å². The fourth-order valence-corrected chi connectivity index (χ4v) is 8.12. The zero-order chi connectivity index (χ0) is 36.4. The fourth-order valence-electron chi connectivity index (χ4n) is 6.95. The van der Waals surface area contributed by atoms with E-state index in [1.807, 2.05) is 64.8 Å². The molecule has 0 saturated heterocycles. The Morgan fingerprint density at radius 2 is 1.90 bits per heavy atom. The number of benzene rings is 4. The highest BCUT2D eigenvalue weighted by molar-refractivity contribution is 7.98. The minimum Gasteiger partial charge on any atom is -0.497 e. The Morgan fingerprint density at radius 3 is 2.67 bits per heavy atom. The van der Waals surface area contributed by atoms with E-state index >= 15 is 0 Å². The number of carbonyl (C=O) groups excluding carboxylic acids is 1. The van der Waals surface area contributed by atoms with Gasteiger partial charge in [-0.25, -0.2) is 9.18 Å². The van der Waals surface area contributed by atoms with Gasteiger partial charge < -0.3 is 28.6 Å². The average molecular weight is 744 g/mol. The molecule has 1 aliphatic rings. The number of fused-ring (bicyclic) bond motifs is 3. The van der Waals surface area contributed by atoms with Gasteiger partial charge in [-0.2, -0.15) is 5.10 Å². The lowest BCUT2D eigenvalue weighted by Gasteiger charge is -2.17. The normalized spacial score (nSPS) is 12.7. The predicted octanol–water partition coefficient (Wildman–Crippen LogP) is 8.50. The number of aliphatic hydroxyl groups is 1. The van der Waals surface area contributed by atoms with Crippen LogP contribution in [0.3, 0.4) is 0 Å². The molecule has 0 fully saturated rings. The molecule has 3 heterocycles. The van der Waals surface area contributed by atoms with Crippen LogP contribution in [0.4, 0.5) is 4.39 Å². The third-order valence-corrected chi connectivity index (χ3v) is 10.7. The number of halogens is 2. The van der Waals surface area contributed by atoms with E-state index in [0.29, 0.717) is 77.9 Å². The number of aryl methyl sites for hydroxylation is 2. The van der Waals surface area contributed by atoms with Crippen LogP contribution in [0.5, 0.6) is 11.5 Å². The maximum absolute atomic E-state index is 14.4. The van der Waals surface area contributed by atoms with Gasteiger partial charge in [0.15, 0.2) is 0 Å². The quantitative estimate of drug-likeness (QED) is 0.0715. The summed E-state index contributed by atoms with van der Waals surface area (Å²) in [6.07, 6.45) is 1.05.